The number of fused-ring (bicyclic) bond motifs is 1. The maximum Gasteiger partial charge on any atom is 0.286 e. The summed E-state index contributed by atoms with van der Waals surface area (Å²) in [4.78, 5) is 23.6. The molecular weight excluding hydrogens is 272 g/mol. The first kappa shape index (κ1) is 13.2. The molecule has 3 rings (SSSR count). The Morgan fingerprint density at radius 2 is 2.10 bits per heavy atom. The van der Waals surface area contributed by atoms with Crippen molar-refractivity contribution < 1.29 is 18.7 Å². The van der Waals surface area contributed by atoms with E-state index in [4.69, 9.17) is 9.15 Å². The molecule has 1 atom stereocenters. The number of carbonyl (C=O) groups is 2. The van der Waals surface area contributed by atoms with Crippen LogP contribution in [0.25, 0.3) is 0 Å². The number of carbonyl (C=O) groups excluding carboxylic acids is 2. The number of nitrogens with one attached hydrogen (secondary N) is 2. The Morgan fingerprint density at radius 3 is 2.90 bits per heavy atom. The smallest absolute Gasteiger partial charge is 0.286 e. The molecule has 1 aromatic heterocycles. The molecule has 0 radical (unpaired) electrons. The summed E-state index contributed by atoms with van der Waals surface area (Å²) in [7, 11) is 0. The van der Waals surface area contributed by atoms with Crippen molar-refractivity contribution >= 4 is 17.5 Å². The van der Waals surface area contributed by atoms with Gasteiger partial charge in [0.2, 0.25) is 0 Å². The lowest BCUT2D eigenvalue weighted by Crippen LogP contribution is -2.39. The SMILES string of the molecule is O=C(NCCC1Oc2ccccc2NC1=O)c1ccco1. The third-order valence-electron chi connectivity index (χ3n) is 3.14. The van der Waals surface area contributed by atoms with Crippen LogP contribution >= 0.6 is 0 Å². The van der Waals surface area contributed by atoms with Gasteiger partial charge in [-0.2, -0.15) is 0 Å². The minimum absolute atomic E-state index is 0.207. The average Bonchev–Trinajstić information content (AvgIpc) is 3.02. The molecule has 0 saturated heterocycles. The number of ether oxygens (including phenoxy) is 1. The number of hydrogen-bond donors (Lipinski definition) is 2. The van der Waals surface area contributed by atoms with Gasteiger partial charge in [-0.25, -0.2) is 0 Å². The first-order valence-electron chi connectivity index (χ1n) is 6.62. The Morgan fingerprint density at radius 1 is 1.24 bits per heavy atom. The van der Waals surface area contributed by atoms with E-state index in [1.807, 2.05) is 12.1 Å². The van der Waals surface area contributed by atoms with Crippen LogP contribution in [-0.2, 0) is 4.79 Å². The summed E-state index contributed by atoms with van der Waals surface area (Å²) in [6.45, 7) is 0.319. The van der Waals surface area contributed by atoms with E-state index in [1.54, 1.807) is 24.3 Å². The first-order chi connectivity index (χ1) is 10.2. The Kier molecular flexibility index (Phi) is 3.59. The van der Waals surface area contributed by atoms with Gasteiger partial charge in [0.1, 0.15) is 5.75 Å². The number of anilines is 1. The van der Waals surface area contributed by atoms with Crippen LogP contribution in [0.3, 0.4) is 0 Å². The number of hydrogen-bond acceptors (Lipinski definition) is 4. The minimum Gasteiger partial charge on any atom is -0.478 e. The lowest BCUT2D eigenvalue weighted by atomic mass is 10.1. The molecular formula is C15H14N2O4. The second-order valence-electron chi connectivity index (χ2n) is 4.61. The van der Waals surface area contributed by atoms with Gasteiger partial charge in [0.05, 0.1) is 12.0 Å². The van der Waals surface area contributed by atoms with E-state index in [9.17, 15) is 9.59 Å². The van der Waals surface area contributed by atoms with Crippen LogP contribution in [0.1, 0.15) is 17.0 Å². The molecule has 1 aromatic carbocycles. The van der Waals surface area contributed by atoms with Gasteiger partial charge in [-0.15, -0.1) is 0 Å². The lowest BCUT2D eigenvalue weighted by Gasteiger charge is -2.25. The minimum atomic E-state index is -0.614. The molecule has 0 fully saturated rings. The highest BCUT2D eigenvalue weighted by Gasteiger charge is 2.27. The number of furan rings is 1. The van der Waals surface area contributed by atoms with Crippen LogP contribution in [0.2, 0.25) is 0 Å². The quantitative estimate of drug-likeness (QED) is 0.898. The van der Waals surface area contributed by atoms with Gasteiger partial charge >= 0.3 is 0 Å². The third kappa shape index (κ3) is 2.89. The van der Waals surface area contributed by atoms with Gasteiger partial charge in [0, 0.05) is 13.0 Å². The number of rotatable bonds is 4. The predicted molar refractivity (Wildman–Crippen MR) is 75.1 cm³/mol. The van der Waals surface area contributed by atoms with Crippen LogP contribution in [0.5, 0.6) is 5.75 Å². The van der Waals surface area contributed by atoms with Crippen molar-refractivity contribution in [2.24, 2.45) is 0 Å². The highest BCUT2D eigenvalue weighted by molar-refractivity contribution is 5.97. The Labute approximate surface area is 121 Å². The number of para-hydroxylation sites is 2. The van der Waals surface area contributed by atoms with Gasteiger partial charge in [-0.3, -0.25) is 9.59 Å². The topological polar surface area (TPSA) is 80.6 Å². The molecule has 0 bridgehead atoms. The second-order valence-corrected chi connectivity index (χ2v) is 4.61. The van der Waals surface area contributed by atoms with E-state index in [1.165, 1.54) is 6.26 Å². The van der Waals surface area contributed by atoms with E-state index in [-0.39, 0.29) is 17.6 Å². The van der Waals surface area contributed by atoms with Gasteiger partial charge in [-0.1, -0.05) is 12.1 Å². The van der Waals surface area contributed by atoms with Crippen molar-refractivity contribution in [3.05, 3.63) is 48.4 Å². The van der Waals surface area contributed by atoms with Gasteiger partial charge in [-0.05, 0) is 24.3 Å². The molecule has 0 saturated carbocycles. The standard InChI is InChI=1S/C15H14N2O4/c18-14(12-6-3-9-20-12)16-8-7-13-15(19)17-10-4-1-2-5-11(10)21-13/h1-6,9,13H,7-8H2,(H,16,18)(H,17,19). The molecule has 6 heteroatoms. The Balaban J connectivity index is 1.54. The maximum atomic E-state index is 11.9. The zero-order valence-corrected chi connectivity index (χ0v) is 11.2. The summed E-state index contributed by atoms with van der Waals surface area (Å²) >= 11 is 0. The summed E-state index contributed by atoms with van der Waals surface area (Å²) in [5, 5.41) is 5.46. The molecule has 2 aromatic rings. The predicted octanol–water partition coefficient (Wildman–Crippen LogP) is 1.80. The molecule has 1 aliphatic heterocycles. The zero-order valence-electron chi connectivity index (χ0n) is 11.2. The summed E-state index contributed by atoms with van der Waals surface area (Å²) in [6, 6.07) is 10.5. The molecule has 2 amide bonds. The monoisotopic (exact) mass is 286 g/mol. The van der Waals surface area contributed by atoms with Gasteiger partial charge < -0.3 is 19.8 Å². The van der Waals surface area contributed by atoms with Gasteiger partial charge in [0.25, 0.3) is 11.8 Å². The van der Waals surface area contributed by atoms with Crippen molar-refractivity contribution in [3.8, 4) is 5.75 Å². The fourth-order valence-corrected chi connectivity index (χ4v) is 2.09. The van der Waals surface area contributed by atoms with Crippen LogP contribution in [0.4, 0.5) is 5.69 Å². The van der Waals surface area contributed by atoms with Crippen LogP contribution in [-0.4, -0.2) is 24.5 Å². The van der Waals surface area contributed by atoms with Gasteiger partial charge in [0.15, 0.2) is 11.9 Å². The second kappa shape index (κ2) is 5.70. The molecule has 1 unspecified atom stereocenters. The Bertz CT molecular complexity index is 651. The van der Waals surface area contributed by atoms with Crippen molar-refractivity contribution in [1.29, 1.82) is 0 Å². The zero-order chi connectivity index (χ0) is 14.7. The molecule has 2 N–H and O–H groups in total. The van der Waals surface area contributed by atoms with Crippen molar-refractivity contribution in [1.82, 2.24) is 5.32 Å². The van der Waals surface area contributed by atoms with E-state index in [2.05, 4.69) is 10.6 Å². The molecule has 6 nitrogen and oxygen atoms in total. The van der Waals surface area contributed by atoms with E-state index in [0.29, 0.717) is 24.4 Å². The fraction of sp³-hybridized carbons (Fsp3) is 0.200. The van der Waals surface area contributed by atoms with Crippen molar-refractivity contribution in [2.45, 2.75) is 12.5 Å². The lowest BCUT2D eigenvalue weighted by molar-refractivity contribution is -0.123. The highest BCUT2D eigenvalue weighted by Crippen LogP contribution is 2.29. The van der Waals surface area contributed by atoms with Crippen molar-refractivity contribution in [3.63, 3.8) is 0 Å². The van der Waals surface area contributed by atoms with Crippen LogP contribution in [0.15, 0.2) is 47.1 Å². The van der Waals surface area contributed by atoms with E-state index in [0.717, 1.165) is 0 Å². The van der Waals surface area contributed by atoms with E-state index < -0.39 is 6.10 Å². The molecule has 0 aliphatic carbocycles. The van der Waals surface area contributed by atoms with Crippen LogP contribution in [0, 0.1) is 0 Å². The Hall–Kier alpha value is -2.76. The van der Waals surface area contributed by atoms with Crippen molar-refractivity contribution in [2.75, 3.05) is 11.9 Å². The largest absolute Gasteiger partial charge is 0.478 e. The average molecular weight is 286 g/mol. The molecule has 2 heterocycles. The summed E-state index contributed by atoms with van der Waals surface area (Å²) in [5.74, 6) is 0.367. The van der Waals surface area contributed by atoms with Crippen LogP contribution < -0.4 is 15.4 Å². The molecule has 108 valence electrons. The first-order valence-corrected chi connectivity index (χ1v) is 6.62. The normalized spacial score (nSPS) is 16.6. The summed E-state index contributed by atoms with van der Waals surface area (Å²) < 4.78 is 10.6. The number of amides is 2. The molecule has 0 spiro atoms. The molecule has 1 aliphatic rings. The molecule has 21 heavy (non-hydrogen) atoms. The number of benzene rings is 1. The highest BCUT2D eigenvalue weighted by atomic mass is 16.5. The van der Waals surface area contributed by atoms with E-state index >= 15 is 0 Å². The third-order valence-corrected chi connectivity index (χ3v) is 3.14. The summed E-state index contributed by atoms with van der Waals surface area (Å²) in [5.41, 5.74) is 0.665. The maximum absolute atomic E-state index is 11.9. The fourth-order valence-electron chi connectivity index (χ4n) is 2.09. The summed E-state index contributed by atoms with van der Waals surface area (Å²) in [6.07, 6.45) is 1.20.